The molecule has 0 radical (unpaired) electrons. The minimum absolute atomic E-state index is 1.04. The van der Waals surface area contributed by atoms with E-state index in [2.05, 4.69) is 40.3 Å². The van der Waals surface area contributed by atoms with Gasteiger partial charge in [-0.25, -0.2) is 9.97 Å². The summed E-state index contributed by atoms with van der Waals surface area (Å²) in [4.78, 5) is 9.86. The van der Waals surface area contributed by atoms with Crippen molar-refractivity contribution in [1.82, 2.24) is 9.97 Å². The lowest BCUT2D eigenvalue weighted by Gasteiger charge is -1.95. The number of thiophene rings is 1. The molecule has 0 fully saturated rings. The van der Waals surface area contributed by atoms with Crippen molar-refractivity contribution in [2.45, 2.75) is 5.03 Å². The predicted molar refractivity (Wildman–Crippen MR) is 74.6 cm³/mol. The number of thioether (sulfide) groups is 1. The first-order valence-electron chi connectivity index (χ1n) is 5.22. The van der Waals surface area contributed by atoms with Crippen molar-refractivity contribution < 1.29 is 0 Å². The van der Waals surface area contributed by atoms with Crippen LogP contribution in [0.2, 0.25) is 0 Å². The average molecular weight is 258 g/mol. The summed E-state index contributed by atoms with van der Waals surface area (Å²) < 4.78 is 1.18. The maximum Gasteiger partial charge on any atom is 0.117 e. The molecule has 0 aliphatic carbocycles. The molecule has 0 aliphatic rings. The summed E-state index contributed by atoms with van der Waals surface area (Å²) in [7, 11) is 0. The molecule has 17 heavy (non-hydrogen) atoms. The Balaban J connectivity index is 2.20. The van der Waals surface area contributed by atoms with Gasteiger partial charge in [0.25, 0.3) is 0 Å². The molecule has 0 aliphatic heterocycles. The van der Waals surface area contributed by atoms with E-state index in [1.807, 2.05) is 12.3 Å². The van der Waals surface area contributed by atoms with Crippen LogP contribution in [0.3, 0.4) is 0 Å². The van der Waals surface area contributed by atoms with E-state index < -0.39 is 0 Å². The molecule has 84 valence electrons. The zero-order chi connectivity index (χ0) is 11.7. The fourth-order valence-corrected chi connectivity index (χ4v) is 3.54. The molecule has 0 saturated carbocycles. The van der Waals surface area contributed by atoms with Gasteiger partial charge in [-0.15, -0.1) is 23.1 Å². The van der Waals surface area contributed by atoms with Crippen LogP contribution in [-0.4, -0.2) is 16.2 Å². The third kappa shape index (κ3) is 1.94. The lowest BCUT2D eigenvalue weighted by Crippen LogP contribution is -1.80. The van der Waals surface area contributed by atoms with E-state index >= 15 is 0 Å². The second-order valence-corrected chi connectivity index (χ2v) is 5.42. The van der Waals surface area contributed by atoms with Crippen molar-refractivity contribution in [1.29, 1.82) is 0 Å². The van der Waals surface area contributed by atoms with Gasteiger partial charge in [-0.05, 0) is 17.9 Å². The summed E-state index contributed by atoms with van der Waals surface area (Å²) in [6.07, 6.45) is 3.68. The van der Waals surface area contributed by atoms with Crippen LogP contribution in [-0.2, 0) is 0 Å². The number of rotatable bonds is 2. The van der Waals surface area contributed by atoms with Gasteiger partial charge in [0, 0.05) is 4.88 Å². The van der Waals surface area contributed by atoms with E-state index in [1.54, 1.807) is 29.4 Å². The summed E-state index contributed by atoms with van der Waals surface area (Å²) >= 11 is 3.42. The van der Waals surface area contributed by atoms with Crippen LogP contribution in [0.25, 0.3) is 20.7 Å². The third-order valence-electron chi connectivity index (χ3n) is 2.53. The molecule has 0 atom stereocenters. The summed E-state index contributed by atoms with van der Waals surface area (Å²) in [6, 6.07) is 12.5. The van der Waals surface area contributed by atoms with Crippen molar-refractivity contribution in [3.63, 3.8) is 0 Å². The number of benzene rings is 1. The molecular formula is C13H10N2S2. The van der Waals surface area contributed by atoms with Gasteiger partial charge in [-0.1, -0.05) is 30.3 Å². The molecule has 0 unspecified atom stereocenters. The Hall–Kier alpha value is -1.39. The Morgan fingerprint density at radius 1 is 1.12 bits per heavy atom. The van der Waals surface area contributed by atoms with Crippen LogP contribution in [0.1, 0.15) is 0 Å². The molecule has 0 N–H and O–H groups in total. The standard InChI is InChI=1S/C13H10N2S2/c1-16-13-12-10(14-8-15-13)7-11(17-12)9-5-3-2-4-6-9/h2-8H,1H3. The molecule has 0 saturated heterocycles. The Morgan fingerprint density at radius 3 is 2.71 bits per heavy atom. The van der Waals surface area contributed by atoms with Crippen LogP contribution in [0.4, 0.5) is 0 Å². The molecule has 1 aromatic carbocycles. The second-order valence-electron chi connectivity index (χ2n) is 3.57. The number of fused-ring (bicyclic) bond motifs is 1. The highest BCUT2D eigenvalue weighted by Gasteiger charge is 2.08. The lowest BCUT2D eigenvalue weighted by atomic mass is 10.2. The van der Waals surface area contributed by atoms with E-state index in [0.29, 0.717) is 0 Å². The van der Waals surface area contributed by atoms with Crippen molar-refractivity contribution in [2.75, 3.05) is 6.26 Å². The number of hydrogen-bond donors (Lipinski definition) is 0. The van der Waals surface area contributed by atoms with Gasteiger partial charge in [-0.2, -0.15) is 0 Å². The molecule has 0 bridgehead atoms. The van der Waals surface area contributed by atoms with E-state index in [4.69, 9.17) is 0 Å². The quantitative estimate of drug-likeness (QED) is 0.511. The number of nitrogens with zero attached hydrogens (tertiary/aromatic N) is 2. The topological polar surface area (TPSA) is 25.8 Å². The van der Waals surface area contributed by atoms with Crippen molar-refractivity contribution >= 4 is 33.3 Å². The van der Waals surface area contributed by atoms with Gasteiger partial charge in [0.05, 0.1) is 10.2 Å². The Labute approximate surface area is 108 Å². The highest BCUT2D eigenvalue weighted by Crippen LogP contribution is 2.35. The largest absolute Gasteiger partial charge is 0.235 e. The molecule has 2 aromatic heterocycles. The van der Waals surface area contributed by atoms with Gasteiger partial charge in [0.1, 0.15) is 11.4 Å². The second kappa shape index (κ2) is 4.47. The lowest BCUT2D eigenvalue weighted by molar-refractivity contribution is 1.11. The Morgan fingerprint density at radius 2 is 1.94 bits per heavy atom. The predicted octanol–water partition coefficient (Wildman–Crippen LogP) is 4.08. The van der Waals surface area contributed by atoms with Crippen LogP contribution >= 0.6 is 23.1 Å². The zero-order valence-electron chi connectivity index (χ0n) is 9.25. The first-order valence-corrected chi connectivity index (χ1v) is 7.26. The van der Waals surface area contributed by atoms with Crippen LogP contribution in [0.15, 0.2) is 47.8 Å². The summed E-state index contributed by atoms with van der Waals surface area (Å²) in [5.74, 6) is 0. The van der Waals surface area contributed by atoms with Gasteiger partial charge in [-0.3, -0.25) is 0 Å². The summed E-state index contributed by atoms with van der Waals surface area (Å²) in [5.41, 5.74) is 2.27. The minimum Gasteiger partial charge on any atom is -0.235 e. The van der Waals surface area contributed by atoms with Crippen LogP contribution < -0.4 is 0 Å². The first-order chi connectivity index (χ1) is 8.38. The first kappa shape index (κ1) is 10.7. The molecule has 2 heterocycles. The average Bonchev–Trinajstić information content (AvgIpc) is 2.83. The molecular weight excluding hydrogens is 248 g/mol. The molecule has 2 nitrogen and oxygen atoms in total. The summed E-state index contributed by atoms with van der Waals surface area (Å²) in [6.45, 7) is 0. The molecule has 3 rings (SSSR count). The van der Waals surface area contributed by atoms with Crippen molar-refractivity contribution in [3.05, 3.63) is 42.7 Å². The smallest absolute Gasteiger partial charge is 0.117 e. The van der Waals surface area contributed by atoms with Crippen LogP contribution in [0.5, 0.6) is 0 Å². The zero-order valence-corrected chi connectivity index (χ0v) is 10.9. The van der Waals surface area contributed by atoms with Gasteiger partial charge < -0.3 is 0 Å². The fraction of sp³-hybridized carbons (Fsp3) is 0.0769. The molecule has 0 spiro atoms. The number of aromatic nitrogens is 2. The Kier molecular flexibility index (Phi) is 2.82. The van der Waals surface area contributed by atoms with Gasteiger partial charge >= 0.3 is 0 Å². The van der Waals surface area contributed by atoms with Gasteiger partial charge in [0.2, 0.25) is 0 Å². The highest BCUT2D eigenvalue weighted by molar-refractivity contribution is 7.98. The maximum atomic E-state index is 4.32. The van der Waals surface area contributed by atoms with E-state index in [1.165, 1.54) is 15.1 Å². The Bertz CT molecular complexity index is 647. The van der Waals surface area contributed by atoms with Crippen molar-refractivity contribution in [3.8, 4) is 10.4 Å². The maximum absolute atomic E-state index is 4.32. The van der Waals surface area contributed by atoms with E-state index in [0.717, 1.165) is 10.5 Å². The SMILES string of the molecule is CSc1ncnc2cc(-c3ccccc3)sc12. The molecule has 0 amide bonds. The monoisotopic (exact) mass is 258 g/mol. The third-order valence-corrected chi connectivity index (χ3v) is 4.54. The fourth-order valence-electron chi connectivity index (χ4n) is 1.72. The summed E-state index contributed by atoms with van der Waals surface area (Å²) in [5, 5.41) is 1.06. The van der Waals surface area contributed by atoms with E-state index in [9.17, 15) is 0 Å². The van der Waals surface area contributed by atoms with Crippen LogP contribution in [0, 0.1) is 0 Å². The van der Waals surface area contributed by atoms with Gasteiger partial charge in [0.15, 0.2) is 0 Å². The minimum atomic E-state index is 1.04. The highest BCUT2D eigenvalue weighted by atomic mass is 32.2. The van der Waals surface area contributed by atoms with Crippen molar-refractivity contribution in [2.24, 2.45) is 0 Å². The molecule has 3 aromatic rings. The normalized spacial score (nSPS) is 10.9. The molecule has 4 heteroatoms. The van der Waals surface area contributed by atoms with E-state index in [-0.39, 0.29) is 0 Å². The number of hydrogen-bond acceptors (Lipinski definition) is 4.